The summed E-state index contributed by atoms with van der Waals surface area (Å²) in [6.07, 6.45) is 1.71. The first-order chi connectivity index (χ1) is 7.24. The second-order valence-electron chi connectivity index (χ2n) is 3.17. The Kier molecular flexibility index (Phi) is 2.64. The highest BCUT2D eigenvalue weighted by Gasteiger charge is 2.11. The number of hydrogen-bond acceptors (Lipinski definition) is 3. The molecule has 0 bridgehead atoms. The number of hydrogen-bond donors (Lipinski definition) is 1. The molecule has 3 heteroatoms. The van der Waals surface area contributed by atoms with Crippen molar-refractivity contribution in [3.05, 3.63) is 42.0 Å². The van der Waals surface area contributed by atoms with Gasteiger partial charge < -0.3 is 5.11 Å². The lowest BCUT2D eigenvalue weighted by atomic mass is 10.1. The van der Waals surface area contributed by atoms with Crippen LogP contribution in [0.25, 0.3) is 10.8 Å². The number of carbonyl (C=O) groups excluding carboxylic acids is 1. The minimum Gasteiger partial charge on any atom is -0.507 e. The van der Waals surface area contributed by atoms with E-state index >= 15 is 0 Å². The van der Waals surface area contributed by atoms with Crippen molar-refractivity contribution in [1.29, 1.82) is 0 Å². The minimum atomic E-state index is -0.113. The molecule has 0 radical (unpaired) electrons. The summed E-state index contributed by atoms with van der Waals surface area (Å²) < 4.78 is 0. The van der Waals surface area contributed by atoms with Crippen molar-refractivity contribution in [2.45, 2.75) is 0 Å². The van der Waals surface area contributed by atoms with Crippen LogP contribution < -0.4 is 0 Å². The van der Waals surface area contributed by atoms with Gasteiger partial charge in [0.25, 0.3) is 0 Å². The molecule has 1 N–H and O–H groups in total. The number of rotatable bonds is 1. The molecule has 0 aliphatic rings. The van der Waals surface area contributed by atoms with Gasteiger partial charge in [-0.05, 0) is 17.7 Å². The molecular formula is C12H10O2S. The van der Waals surface area contributed by atoms with Crippen molar-refractivity contribution in [3.8, 4) is 5.75 Å². The fraction of sp³-hybridized carbons (Fsp3) is 0.0833. The highest BCUT2D eigenvalue weighted by molar-refractivity contribution is 8.13. The van der Waals surface area contributed by atoms with Crippen LogP contribution in [0.1, 0.15) is 10.4 Å². The number of benzene rings is 2. The van der Waals surface area contributed by atoms with E-state index in [4.69, 9.17) is 0 Å². The molecule has 2 aromatic rings. The number of carbonyl (C=O) groups is 1. The first-order valence-corrected chi connectivity index (χ1v) is 5.75. The average molecular weight is 218 g/mol. The lowest BCUT2D eigenvalue weighted by Gasteiger charge is -2.05. The Morgan fingerprint density at radius 1 is 1.20 bits per heavy atom. The molecule has 2 aromatic carbocycles. The van der Waals surface area contributed by atoms with Gasteiger partial charge in [-0.25, -0.2) is 0 Å². The van der Waals surface area contributed by atoms with Gasteiger partial charge in [-0.3, -0.25) is 4.79 Å². The van der Waals surface area contributed by atoms with Crippen LogP contribution in [-0.2, 0) is 0 Å². The van der Waals surface area contributed by atoms with Crippen LogP contribution in [0.2, 0.25) is 0 Å². The Hall–Kier alpha value is -1.48. The average Bonchev–Trinajstić information content (AvgIpc) is 2.29. The standard InChI is InChI=1S/C12H10O2S/c1-15-12(14)10-7-6-8-4-2-3-5-9(8)11(10)13/h2-7,13H,1H3. The summed E-state index contributed by atoms with van der Waals surface area (Å²) in [5.74, 6) is 0.0763. The highest BCUT2D eigenvalue weighted by Crippen LogP contribution is 2.30. The van der Waals surface area contributed by atoms with E-state index in [1.54, 1.807) is 12.3 Å². The lowest BCUT2D eigenvalue weighted by Crippen LogP contribution is -1.93. The molecule has 0 aliphatic heterocycles. The van der Waals surface area contributed by atoms with Gasteiger partial charge in [0.15, 0.2) is 0 Å². The maximum absolute atomic E-state index is 11.5. The van der Waals surface area contributed by atoms with Gasteiger partial charge in [-0.2, -0.15) is 0 Å². The molecule has 0 unspecified atom stereocenters. The van der Waals surface area contributed by atoms with E-state index in [9.17, 15) is 9.90 Å². The van der Waals surface area contributed by atoms with Gasteiger partial charge in [0.2, 0.25) is 5.12 Å². The lowest BCUT2D eigenvalue weighted by molar-refractivity contribution is 0.108. The summed E-state index contributed by atoms with van der Waals surface area (Å²) >= 11 is 1.10. The Bertz CT molecular complexity index is 520. The summed E-state index contributed by atoms with van der Waals surface area (Å²) in [5, 5.41) is 11.5. The number of thioether (sulfide) groups is 1. The van der Waals surface area contributed by atoms with E-state index < -0.39 is 0 Å². The Labute approximate surface area is 91.9 Å². The van der Waals surface area contributed by atoms with Gasteiger partial charge in [0.05, 0.1) is 5.56 Å². The number of phenols is 1. The highest BCUT2D eigenvalue weighted by atomic mass is 32.2. The molecule has 0 atom stereocenters. The summed E-state index contributed by atoms with van der Waals surface area (Å²) in [5.41, 5.74) is 0.376. The van der Waals surface area contributed by atoms with Crippen molar-refractivity contribution in [3.63, 3.8) is 0 Å². The zero-order chi connectivity index (χ0) is 10.8. The van der Waals surface area contributed by atoms with E-state index in [1.807, 2.05) is 30.3 Å². The van der Waals surface area contributed by atoms with Crippen LogP contribution in [-0.4, -0.2) is 16.5 Å². The smallest absolute Gasteiger partial charge is 0.222 e. The van der Waals surface area contributed by atoms with Crippen LogP contribution in [0.4, 0.5) is 0 Å². The molecule has 0 spiro atoms. The largest absolute Gasteiger partial charge is 0.507 e. The van der Waals surface area contributed by atoms with Crippen molar-refractivity contribution in [2.75, 3.05) is 6.26 Å². The molecule has 2 nitrogen and oxygen atoms in total. The SMILES string of the molecule is CSC(=O)c1ccc2ccccc2c1O. The third kappa shape index (κ3) is 1.70. The zero-order valence-electron chi connectivity index (χ0n) is 8.23. The Balaban J connectivity index is 2.70. The third-order valence-corrected chi connectivity index (χ3v) is 2.90. The van der Waals surface area contributed by atoms with Crippen molar-refractivity contribution < 1.29 is 9.90 Å². The Morgan fingerprint density at radius 3 is 2.67 bits per heavy atom. The number of phenolic OH excluding ortho intramolecular Hbond substituents is 1. The predicted octanol–water partition coefficient (Wildman–Crippen LogP) is 3.05. The normalized spacial score (nSPS) is 10.5. The topological polar surface area (TPSA) is 37.3 Å². The van der Waals surface area contributed by atoms with Gasteiger partial charge >= 0.3 is 0 Å². The predicted molar refractivity (Wildman–Crippen MR) is 63.5 cm³/mol. The molecule has 0 aliphatic carbocycles. The number of fused-ring (bicyclic) bond motifs is 1. The maximum Gasteiger partial charge on any atom is 0.222 e. The van der Waals surface area contributed by atoms with Crippen LogP contribution in [0.3, 0.4) is 0 Å². The second kappa shape index (κ2) is 3.95. The van der Waals surface area contributed by atoms with Crippen molar-refractivity contribution >= 4 is 27.6 Å². The van der Waals surface area contributed by atoms with Crippen molar-refractivity contribution in [1.82, 2.24) is 0 Å². The molecular weight excluding hydrogens is 208 g/mol. The minimum absolute atomic E-state index is 0.0763. The van der Waals surface area contributed by atoms with Crippen LogP contribution in [0, 0.1) is 0 Å². The van der Waals surface area contributed by atoms with E-state index in [0.717, 1.165) is 22.5 Å². The summed E-state index contributed by atoms with van der Waals surface area (Å²) in [6.45, 7) is 0. The summed E-state index contributed by atoms with van der Waals surface area (Å²) in [7, 11) is 0. The van der Waals surface area contributed by atoms with Crippen LogP contribution >= 0.6 is 11.8 Å². The van der Waals surface area contributed by atoms with E-state index in [0.29, 0.717) is 5.56 Å². The molecule has 15 heavy (non-hydrogen) atoms. The molecule has 0 saturated heterocycles. The van der Waals surface area contributed by atoms with Gasteiger partial charge in [0.1, 0.15) is 5.75 Å². The molecule has 76 valence electrons. The van der Waals surface area contributed by atoms with Crippen LogP contribution in [0.5, 0.6) is 5.75 Å². The maximum atomic E-state index is 11.5. The quantitative estimate of drug-likeness (QED) is 0.799. The van der Waals surface area contributed by atoms with Gasteiger partial charge in [-0.15, -0.1) is 0 Å². The summed E-state index contributed by atoms with van der Waals surface area (Å²) in [4.78, 5) is 11.5. The Morgan fingerprint density at radius 2 is 1.93 bits per heavy atom. The molecule has 0 heterocycles. The number of aromatic hydroxyl groups is 1. The van der Waals surface area contributed by atoms with Gasteiger partial charge in [0, 0.05) is 5.39 Å². The molecule has 0 fully saturated rings. The monoisotopic (exact) mass is 218 g/mol. The van der Waals surface area contributed by atoms with Gasteiger partial charge in [-0.1, -0.05) is 42.1 Å². The van der Waals surface area contributed by atoms with E-state index in [1.165, 1.54) is 0 Å². The fourth-order valence-corrected chi connectivity index (χ4v) is 1.91. The van der Waals surface area contributed by atoms with E-state index in [-0.39, 0.29) is 10.9 Å². The van der Waals surface area contributed by atoms with E-state index in [2.05, 4.69) is 0 Å². The van der Waals surface area contributed by atoms with Crippen LogP contribution in [0.15, 0.2) is 36.4 Å². The summed E-state index contributed by atoms with van der Waals surface area (Å²) in [6, 6.07) is 11.0. The first kappa shape index (κ1) is 10.1. The van der Waals surface area contributed by atoms with Crippen molar-refractivity contribution in [2.24, 2.45) is 0 Å². The first-order valence-electron chi connectivity index (χ1n) is 4.53. The molecule has 0 aromatic heterocycles. The zero-order valence-corrected chi connectivity index (χ0v) is 9.04. The third-order valence-electron chi connectivity index (χ3n) is 2.31. The second-order valence-corrected chi connectivity index (χ2v) is 3.95. The fourth-order valence-electron chi connectivity index (χ4n) is 1.53. The molecule has 0 saturated carbocycles. The molecule has 2 rings (SSSR count). The molecule has 0 amide bonds.